The number of esters is 2. The van der Waals surface area contributed by atoms with Crippen molar-refractivity contribution in [2.75, 3.05) is 26.9 Å². The molecule has 0 radical (unpaired) electrons. The second kappa shape index (κ2) is 14.4. The number of carbonyl (C=O) groups excluding carboxylic acids is 2. The Bertz CT molecular complexity index is 1300. The van der Waals surface area contributed by atoms with E-state index in [4.69, 9.17) is 28.4 Å². The molecule has 15 heteroatoms. The summed E-state index contributed by atoms with van der Waals surface area (Å²) in [5, 5.41) is 72.1. The molecule has 0 bridgehead atoms. The van der Waals surface area contributed by atoms with Crippen LogP contribution in [0.3, 0.4) is 0 Å². The maximum atomic E-state index is 12.7. The van der Waals surface area contributed by atoms with E-state index in [1.165, 1.54) is 43.5 Å². The highest BCUT2D eigenvalue weighted by molar-refractivity contribution is 5.89. The number of hydrogen-bond donors (Lipinski definition) is 7. The second-order valence-electron chi connectivity index (χ2n) is 9.98. The number of methoxy groups -OCH3 is 1. The van der Waals surface area contributed by atoms with Gasteiger partial charge in [0.15, 0.2) is 30.0 Å². The number of aromatic hydroxyl groups is 1. The Morgan fingerprint density at radius 2 is 1.64 bits per heavy atom. The number of aliphatic hydroxyl groups excluding tert-OH is 6. The number of phenols is 1. The third kappa shape index (κ3) is 7.02. The van der Waals surface area contributed by atoms with Crippen molar-refractivity contribution in [3.63, 3.8) is 0 Å². The van der Waals surface area contributed by atoms with E-state index in [-0.39, 0.29) is 17.1 Å². The lowest BCUT2D eigenvalue weighted by molar-refractivity contribution is -0.383. The average molecular weight is 623 g/mol. The standard InChI is InChI=1S/C29H34O15/c1-39-18-11-15(7-9-17(18)33)8-10-21(34)41-26-22(35)19(12-30)43-29(26,14-32)44-28-24(37)23(36)25(20(13-31)40-28)42-27(38)16-5-3-2-4-6-16/h2-11,19-20,22-26,28,30-33,35-37H,12-14H2,1H3/b10-8+/t19-,20-,22-,23-,24-,25-,26+,28-,29+/m1/s1. The molecular weight excluding hydrogens is 588 g/mol. The third-order valence-corrected chi connectivity index (χ3v) is 7.12. The van der Waals surface area contributed by atoms with Crippen molar-refractivity contribution < 1.29 is 73.8 Å². The Kier molecular flexibility index (Phi) is 10.9. The molecule has 44 heavy (non-hydrogen) atoms. The van der Waals surface area contributed by atoms with Crippen LogP contribution in [0.5, 0.6) is 11.5 Å². The quantitative estimate of drug-likeness (QED) is 0.111. The summed E-state index contributed by atoms with van der Waals surface area (Å²) in [6.07, 6.45) is -11.4. The van der Waals surface area contributed by atoms with E-state index in [1.54, 1.807) is 18.2 Å². The minimum absolute atomic E-state index is 0.125. The fraction of sp³-hybridized carbons (Fsp3) is 0.448. The molecule has 2 aliphatic heterocycles. The van der Waals surface area contributed by atoms with Gasteiger partial charge in [-0.3, -0.25) is 0 Å². The molecule has 15 nitrogen and oxygen atoms in total. The van der Waals surface area contributed by atoms with Crippen LogP contribution in [-0.4, -0.2) is 129 Å². The van der Waals surface area contributed by atoms with Gasteiger partial charge in [0, 0.05) is 6.08 Å². The maximum absolute atomic E-state index is 12.7. The van der Waals surface area contributed by atoms with Crippen molar-refractivity contribution in [3.05, 3.63) is 65.7 Å². The fourth-order valence-electron chi connectivity index (χ4n) is 4.80. The topological polar surface area (TPSA) is 231 Å². The number of carbonyl (C=O) groups is 2. The van der Waals surface area contributed by atoms with Gasteiger partial charge in [0.2, 0.25) is 5.79 Å². The minimum Gasteiger partial charge on any atom is -0.504 e. The molecule has 2 heterocycles. The smallest absolute Gasteiger partial charge is 0.338 e. The molecule has 0 spiro atoms. The molecule has 2 saturated heterocycles. The predicted octanol–water partition coefficient (Wildman–Crippen LogP) is -1.55. The van der Waals surface area contributed by atoms with Crippen LogP contribution in [0.2, 0.25) is 0 Å². The summed E-state index contributed by atoms with van der Waals surface area (Å²) >= 11 is 0. The van der Waals surface area contributed by atoms with Crippen LogP contribution < -0.4 is 4.74 Å². The predicted molar refractivity (Wildman–Crippen MR) is 146 cm³/mol. The lowest BCUT2D eigenvalue weighted by atomic mass is 9.98. The molecular formula is C29H34O15. The number of benzene rings is 2. The first kappa shape index (κ1) is 33.3. The molecule has 9 atom stereocenters. The highest BCUT2D eigenvalue weighted by Gasteiger charge is 2.61. The Labute approximate surface area is 251 Å². The van der Waals surface area contributed by atoms with Gasteiger partial charge in [-0.05, 0) is 35.9 Å². The second-order valence-corrected chi connectivity index (χ2v) is 9.98. The number of rotatable bonds is 11. The van der Waals surface area contributed by atoms with Crippen LogP contribution in [0.4, 0.5) is 0 Å². The van der Waals surface area contributed by atoms with Gasteiger partial charge in [-0.15, -0.1) is 0 Å². The zero-order valence-electron chi connectivity index (χ0n) is 23.4. The first-order valence-corrected chi connectivity index (χ1v) is 13.5. The molecule has 7 N–H and O–H groups in total. The van der Waals surface area contributed by atoms with Crippen molar-refractivity contribution in [3.8, 4) is 11.5 Å². The van der Waals surface area contributed by atoms with Crippen molar-refractivity contribution in [1.82, 2.24) is 0 Å². The first-order valence-electron chi connectivity index (χ1n) is 13.5. The van der Waals surface area contributed by atoms with Crippen molar-refractivity contribution in [2.45, 2.75) is 54.8 Å². The molecule has 0 unspecified atom stereocenters. The van der Waals surface area contributed by atoms with Gasteiger partial charge in [0.1, 0.15) is 37.1 Å². The van der Waals surface area contributed by atoms with Crippen molar-refractivity contribution >= 4 is 18.0 Å². The summed E-state index contributed by atoms with van der Waals surface area (Å²) in [4.78, 5) is 25.3. The summed E-state index contributed by atoms with van der Waals surface area (Å²) in [6, 6.07) is 12.0. The van der Waals surface area contributed by atoms with Gasteiger partial charge in [-0.2, -0.15) is 0 Å². The summed E-state index contributed by atoms with van der Waals surface area (Å²) in [5.41, 5.74) is 0.568. The van der Waals surface area contributed by atoms with E-state index >= 15 is 0 Å². The highest BCUT2D eigenvalue weighted by atomic mass is 16.8. The van der Waals surface area contributed by atoms with E-state index in [0.29, 0.717) is 5.56 Å². The number of aliphatic hydroxyl groups is 6. The Morgan fingerprint density at radius 1 is 0.932 bits per heavy atom. The average Bonchev–Trinajstić information content (AvgIpc) is 3.30. The lowest BCUT2D eigenvalue weighted by Gasteiger charge is -2.44. The molecule has 240 valence electrons. The Balaban J connectivity index is 1.51. The normalized spacial score (nSPS) is 32.0. The molecule has 0 amide bonds. The molecule has 0 aromatic heterocycles. The van der Waals surface area contributed by atoms with Gasteiger partial charge >= 0.3 is 11.9 Å². The van der Waals surface area contributed by atoms with Gasteiger partial charge in [0.25, 0.3) is 0 Å². The largest absolute Gasteiger partial charge is 0.504 e. The first-order chi connectivity index (χ1) is 21.1. The van der Waals surface area contributed by atoms with E-state index in [0.717, 1.165) is 6.08 Å². The summed E-state index contributed by atoms with van der Waals surface area (Å²) < 4.78 is 32.5. The fourth-order valence-corrected chi connectivity index (χ4v) is 4.80. The highest BCUT2D eigenvalue weighted by Crippen LogP contribution is 2.38. The molecule has 4 rings (SSSR count). The van der Waals surface area contributed by atoms with E-state index in [2.05, 4.69) is 0 Å². The number of phenolic OH excluding ortho intramolecular Hbond substituents is 1. The molecule has 2 fully saturated rings. The zero-order valence-corrected chi connectivity index (χ0v) is 23.4. The summed E-state index contributed by atoms with van der Waals surface area (Å²) in [7, 11) is 1.34. The number of ether oxygens (including phenoxy) is 6. The van der Waals surface area contributed by atoms with Gasteiger partial charge in [0.05, 0.1) is 25.9 Å². The third-order valence-electron chi connectivity index (χ3n) is 7.12. The molecule has 2 aromatic carbocycles. The van der Waals surface area contributed by atoms with Crippen LogP contribution >= 0.6 is 0 Å². The van der Waals surface area contributed by atoms with E-state index < -0.39 is 86.6 Å². The zero-order chi connectivity index (χ0) is 32.0. The van der Waals surface area contributed by atoms with Gasteiger partial charge in [-0.1, -0.05) is 24.3 Å². The molecule has 2 aliphatic rings. The van der Waals surface area contributed by atoms with Crippen molar-refractivity contribution in [2.24, 2.45) is 0 Å². The minimum atomic E-state index is -2.43. The van der Waals surface area contributed by atoms with E-state index in [1.807, 2.05) is 0 Å². The SMILES string of the molecule is COc1cc(/C=C/C(=O)O[C@H]2[C@H](O)[C@@H](CO)O[C@@]2(CO)O[C@H]2O[C@H](CO)[C@@H](OC(=O)c3ccccc3)[C@H](O)[C@H]2O)ccc1O. The molecule has 0 saturated carbocycles. The van der Waals surface area contributed by atoms with Crippen LogP contribution in [0, 0.1) is 0 Å². The summed E-state index contributed by atoms with van der Waals surface area (Å²) in [5.74, 6) is -4.33. The van der Waals surface area contributed by atoms with Crippen LogP contribution in [-0.2, 0) is 28.5 Å². The van der Waals surface area contributed by atoms with E-state index in [9.17, 15) is 45.3 Å². The maximum Gasteiger partial charge on any atom is 0.338 e. The van der Waals surface area contributed by atoms with Crippen LogP contribution in [0.1, 0.15) is 15.9 Å². The van der Waals surface area contributed by atoms with Gasteiger partial charge in [-0.25, -0.2) is 9.59 Å². The lowest BCUT2D eigenvalue weighted by Crippen LogP contribution is -2.63. The summed E-state index contributed by atoms with van der Waals surface area (Å²) in [6.45, 7) is -2.70. The molecule has 0 aliphatic carbocycles. The number of hydrogen-bond acceptors (Lipinski definition) is 15. The van der Waals surface area contributed by atoms with Crippen LogP contribution in [0.15, 0.2) is 54.6 Å². The monoisotopic (exact) mass is 622 g/mol. The Hall–Kier alpha value is -3.64. The van der Waals surface area contributed by atoms with Crippen LogP contribution in [0.25, 0.3) is 6.08 Å². The molecule has 2 aromatic rings. The Morgan fingerprint density at radius 3 is 2.27 bits per heavy atom. The van der Waals surface area contributed by atoms with Gasteiger partial charge < -0.3 is 64.2 Å². The van der Waals surface area contributed by atoms with Crippen molar-refractivity contribution in [1.29, 1.82) is 0 Å².